The number of unbranched alkanes of at least 4 members (excludes halogenated alkanes) is 24. The summed E-state index contributed by atoms with van der Waals surface area (Å²) in [4.78, 5) is 38.9. The summed E-state index contributed by atoms with van der Waals surface area (Å²) in [5.74, 6) is -0.516. The van der Waals surface area contributed by atoms with Crippen LogP contribution in [0.15, 0.2) is 0 Å². The van der Waals surface area contributed by atoms with E-state index in [2.05, 4.69) is 19.2 Å². The number of alkyl carbamates (subject to hydrolysis) is 1. The zero-order chi connectivity index (χ0) is 33.6. The molecule has 0 spiro atoms. The lowest BCUT2D eigenvalue weighted by molar-refractivity contribution is -0.129. The van der Waals surface area contributed by atoms with Crippen molar-refractivity contribution in [3.8, 4) is 0 Å². The Morgan fingerprint density at radius 2 is 0.778 bits per heavy atom. The van der Waals surface area contributed by atoms with Gasteiger partial charge in [-0.1, -0.05) is 175 Å². The smallest absolute Gasteiger partial charge is 0.408 e. The predicted octanol–water partition coefficient (Wildman–Crippen LogP) is 12.6. The minimum Gasteiger partial charge on any atom is -0.444 e. The molecule has 45 heavy (non-hydrogen) atoms. The monoisotopic (exact) mass is 636 g/mol. The van der Waals surface area contributed by atoms with Crippen LogP contribution in [0.1, 0.15) is 221 Å². The Morgan fingerprint density at radius 3 is 1.09 bits per heavy atom. The van der Waals surface area contributed by atoms with Crippen LogP contribution in [-0.4, -0.2) is 29.3 Å². The van der Waals surface area contributed by atoms with Gasteiger partial charge in [-0.3, -0.25) is 9.59 Å². The van der Waals surface area contributed by atoms with E-state index in [1.54, 1.807) is 27.7 Å². The van der Waals surface area contributed by atoms with Crippen LogP contribution in [0.3, 0.4) is 0 Å². The maximum Gasteiger partial charge on any atom is 0.408 e. The van der Waals surface area contributed by atoms with Crippen LogP contribution in [0.5, 0.6) is 0 Å². The van der Waals surface area contributed by atoms with Crippen molar-refractivity contribution in [3.05, 3.63) is 0 Å². The maximum absolute atomic E-state index is 13.3. The molecule has 0 radical (unpaired) electrons. The lowest BCUT2D eigenvalue weighted by Gasteiger charge is -2.26. The summed E-state index contributed by atoms with van der Waals surface area (Å²) in [6.07, 6.45) is 33.0. The fourth-order valence-corrected chi connectivity index (χ4v) is 6.12. The first kappa shape index (κ1) is 43.6. The molecule has 0 aliphatic heterocycles. The van der Waals surface area contributed by atoms with Crippen molar-refractivity contribution in [2.24, 2.45) is 5.92 Å². The summed E-state index contributed by atoms with van der Waals surface area (Å²) >= 11 is 0. The van der Waals surface area contributed by atoms with Gasteiger partial charge in [0.05, 0.1) is 0 Å². The van der Waals surface area contributed by atoms with Crippen molar-refractivity contribution in [2.45, 2.75) is 233 Å². The highest BCUT2D eigenvalue weighted by Gasteiger charge is 2.32. The average Bonchev–Trinajstić information content (AvgIpc) is 2.99. The molecule has 0 heterocycles. The maximum atomic E-state index is 13.3. The van der Waals surface area contributed by atoms with Gasteiger partial charge in [0.25, 0.3) is 0 Å². The van der Waals surface area contributed by atoms with E-state index in [1.165, 1.54) is 128 Å². The molecule has 0 bridgehead atoms. The zero-order valence-electron chi connectivity index (χ0n) is 31.1. The second kappa shape index (κ2) is 30.0. The molecule has 266 valence electrons. The molecule has 1 N–H and O–H groups in total. The summed E-state index contributed by atoms with van der Waals surface area (Å²) in [5.41, 5.74) is -0.658. The summed E-state index contributed by atoms with van der Waals surface area (Å²) in [5, 5.41) is 2.77. The van der Waals surface area contributed by atoms with Gasteiger partial charge in [0.2, 0.25) is 0 Å². The molecule has 0 aromatic heterocycles. The number of rotatable bonds is 32. The van der Waals surface area contributed by atoms with Gasteiger partial charge in [-0.15, -0.1) is 0 Å². The Labute approximate surface area is 280 Å². The molecule has 0 aliphatic carbocycles. The highest BCUT2D eigenvalue weighted by Crippen LogP contribution is 2.19. The summed E-state index contributed by atoms with van der Waals surface area (Å²) in [7, 11) is 0. The lowest BCUT2D eigenvalue weighted by Crippen LogP contribution is -2.49. The van der Waals surface area contributed by atoms with Gasteiger partial charge in [0.15, 0.2) is 5.78 Å². The van der Waals surface area contributed by atoms with Crippen molar-refractivity contribution in [1.82, 2.24) is 5.32 Å². The number of carbonyl (C=O) groups excluding carboxylic acids is 3. The fourth-order valence-electron chi connectivity index (χ4n) is 6.12. The second-order valence-electron chi connectivity index (χ2n) is 14.8. The molecule has 5 nitrogen and oxygen atoms in total. The quantitative estimate of drug-likeness (QED) is 0.0746. The zero-order valence-corrected chi connectivity index (χ0v) is 31.1. The van der Waals surface area contributed by atoms with Crippen LogP contribution in [0, 0.1) is 5.92 Å². The Balaban J connectivity index is 4.34. The third kappa shape index (κ3) is 28.6. The van der Waals surface area contributed by atoms with Gasteiger partial charge < -0.3 is 10.1 Å². The van der Waals surface area contributed by atoms with Crippen LogP contribution in [-0.2, 0) is 14.3 Å². The molecule has 0 aromatic rings. The normalized spacial score (nSPS) is 13.0. The van der Waals surface area contributed by atoms with E-state index in [9.17, 15) is 14.4 Å². The Hall–Kier alpha value is -1.39. The Kier molecular flexibility index (Phi) is 29.0. The van der Waals surface area contributed by atoms with Crippen LogP contribution >= 0.6 is 0 Å². The average molecular weight is 636 g/mol. The molecule has 0 saturated heterocycles. The largest absolute Gasteiger partial charge is 0.444 e. The van der Waals surface area contributed by atoms with Crippen LogP contribution < -0.4 is 5.32 Å². The van der Waals surface area contributed by atoms with Gasteiger partial charge in [-0.2, -0.15) is 0 Å². The van der Waals surface area contributed by atoms with Crippen molar-refractivity contribution in [1.29, 1.82) is 0 Å². The van der Waals surface area contributed by atoms with Crippen LogP contribution in [0.4, 0.5) is 4.79 Å². The molecule has 2 unspecified atom stereocenters. The summed E-state index contributed by atoms with van der Waals surface area (Å²) in [6.45, 7) is 11.7. The van der Waals surface area contributed by atoms with Gasteiger partial charge in [0.1, 0.15) is 17.4 Å². The number of nitrogens with one attached hydrogen (secondary N) is 1. The number of ether oxygens (including phenoxy) is 1. The molecule has 1 amide bonds. The lowest BCUT2D eigenvalue weighted by atomic mass is 9.89. The molecular formula is C40H77NO4. The van der Waals surface area contributed by atoms with E-state index in [0.29, 0.717) is 12.8 Å². The highest BCUT2D eigenvalue weighted by atomic mass is 16.6. The van der Waals surface area contributed by atoms with E-state index in [4.69, 9.17) is 4.74 Å². The number of Topliss-reactive ketones (excluding diaryl/α,β-unsaturated/α-hetero) is 2. The molecule has 0 rings (SSSR count). The molecular weight excluding hydrogens is 558 g/mol. The van der Waals surface area contributed by atoms with Gasteiger partial charge >= 0.3 is 6.09 Å². The van der Waals surface area contributed by atoms with Crippen molar-refractivity contribution < 1.29 is 19.1 Å². The van der Waals surface area contributed by atoms with E-state index >= 15 is 0 Å². The summed E-state index contributed by atoms with van der Waals surface area (Å²) in [6, 6.07) is -0.813. The fraction of sp³-hybridized carbons (Fsp3) is 0.925. The van der Waals surface area contributed by atoms with Crippen molar-refractivity contribution in [3.63, 3.8) is 0 Å². The number of ketones is 2. The number of amides is 1. The van der Waals surface area contributed by atoms with E-state index < -0.39 is 23.7 Å². The Bertz CT molecular complexity index is 714. The number of carbonyl (C=O) groups is 3. The molecule has 0 aliphatic rings. The molecule has 5 heteroatoms. The minimum atomic E-state index is -0.813. The van der Waals surface area contributed by atoms with Crippen molar-refractivity contribution >= 4 is 17.7 Å². The third-order valence-corrected chi connectivity index (χ3v) is 9.08. The molecule has 2 atom stereocenters. The first-order valence-electron chi connectivity index (χ1n) is 19.7. The molecule has 0 saturated carbocycles. The Morgan fingerprint density at radius 1 is 0.489 bits per heavy atom. The second-order valence-corrected chi connectivity index (χ2v) is 14.8. The van der Waals surface area contributed by atoms with Crippen LogP contribution in [0.2, 0.25) is 0 Å². The van der Waals surface area contributed by atoms with Gasteiger partial charge in [-0.05, 0) is 33.6 Å². The van der Waals surface area contributed by atoms with Crippen molar-refractivity contribution in [2.75, 3.05) is 0 Å². The SMILES string of the molecule is CCCCCCCCCCCCCCCC(=O)C(C)C(NC(=O)OC(C)(C)C)C(=O)CCCCCCCCCCCCCCC. The number of hydrogen-bond acceptors (Lipinski definition) is 4. The van der Waals surface area contributed by atoms with Gasteiger partial charge in [0, 0.05) is 18.8 Å². The molecule has 0 aromatic carbocycles. The number of hydrogen-bond donors (Lipinski definition) is 1. The summed E-state index contributed by atoms with van der Waals surface area (Å²) < 4.78 is 5.44. The predicted molar refractivity (Wildman–Crippen MR) is 193 cm³/mol. The van der Waals surface area contributed by atoms with E-state index in [1.807, 2.05) is 0 Å². The third-order valence-electron chi connectivity index (χ3n) is 9.08. The highest BCUT2D eigenvalue weighted by molar-refractivity contribution is 5.94. The van der Waals surface area contributed by atoms with Gasteiger partial charge in [-0.25, -0.2) is 4.79 Å². The molecule has 0 fully saturated rings. The first-order valence-corrected chi connectivity index (χ1v) is 19.7. The van der Waals surface area contributed by atoms with Crippen LogP contribution in [0.25, 0.3) is 0 Å². The van der Waals surface area contributed by atoms with E-state index in [0.717, 1.165) is 38.5 Å². The first-order chi connectivity index (χ1) is 21.6. The standard InChI is InChI=1S/C40H77NO4/c1-7-9-11-13-15-17-19-21-23-25-27-29-31-33-36(42)35(3)38(41-39(44)45-40(4,5)6)37(43)34-32-30-28-26-24-22-20-18-16-14-12-10-8-2/h35,38H,7-34H2,1-6H3,(H,41,44). The van der Waals surface area contributed by atoms with E-state index in [-0.39, 0.29) is 11.6 Å². The topological polar surface area (TPSA) is 72.5 Å². The minimum absolute atomic E-state index is 0.0462.